The molecule has 0 radical (unpaired) electrons. The minimum Gasteiger partial charge on any atom is -0.396 e. The van der Waals surface area contributed by atoms with E-state index in [2.05, 4.69) is 5.32 Å². The van der Waals surface area contributed by atoms with Crippen LogP contribution >= 0.6 is 11.3 Å². The first kappa shape index (κ1) is 14.9. The fourth-order valence-corrected chi connectivity index (χ4v) is 3.51. The summed E-state index contributed by atoms with van der Waals surface area (Å²) in [6.07, 6.45) is 3.86. The van der Waals surface area contributed by atoms with Crippen molar-refractivity contribution in [2.45, 2.75) is 38.6 Å². The van der Waals surface area contributed by atoms with Crippen LogP contribution in [-0.2, 0) is 0 Å². The van der Waals surface area contributed by atoms with Crippen molar-refractivity contribution in [2.24, 2.45) is 5.92 Å². The van der Waals surface area contributed by atoms with Crippen molar-refractivity contribution in [2.75, 3.05) is 6.61 Å². The van der Waals surface area contributed by atoms with Crippen LogP contribution in [0.15, 0.2) is 6.07 Å². The Kier molecular flexibility index (Phi) is 4.72. The Morgan fingerprint density at radius 2 is 2.25 bits per heavy atom. The van der Waals surface area contributed by atoms with Gasteiger partial charge in [0.05, 0.1) is 14.7 Å². The van der Waals surface area contributed by atoms with E-state index in [1.807, 2.05) is 0 Å². The summed E-state index contributed by atoms with van der Waals surface area (Å²) < 4.78 is 0. The van der Waals surface area contributed by atoms with E-state index in [0.29, 0.717) is 9.75 Å². The van der Waals surface area contributed by atoms with E-state index in [0.717, 1.165) is 37.0 Å². The lowest BCUT2D eigenvalue weighted by Gasteiger charge is -2.30. The second-order valence-electron chi connectivity index (χ2n) is 5.12. The van der Waals surface area contributed by atoms with Gasteiger partial charge in [0.2, 0.25) is 0 Å². The lowest BCUT2D eigenvalue weighted by atomic mass is 9.85. The minimum absolute atomic E-state index is 0.0116. The highest BCUT2D eigenvalue weighted by Crippen LogP contribution is 2.29. The standard InChI is InChI=1S/C13H18N2O4S/c1-8-11(15(18)19)6-12(20-8)13(17)14-10-5-3-2-4-9(10)7-16/h6,9-10,16H,2-5,7H2,1H3,(H,14,17). The normalized spacial score (nSPS) is 22.5. The lowest BCUT2D eigenvalue weighted by Crippen LogP contribution is -2.43. The van der Waals surface area contributed by atoms with Crippen LogP contribution in [0.1, 0.15) is 40.2 Å². The molecule has 7 heteroatoms. The Morgan fingerprint density at radius 1 is 1.55 bits per heavy atom. The molecule has 1 fully saturated rings. The SMILES string of the molecule is Cc1sc(C(=O)NC2CCCCC2CO)cc1[N+](=O)[O-]. The molecule has 1 aromatic rings. The molecule has 2 unspecified atom stereocenters. The van der Waals surface area contributed by atoms with Gasteiger partial charge in [-0.3, -0.25) is 14.9 Å². The first-order valence-corrected chi connectivity index (χ1v) is 7.51. The summed E-state index contributed by atoms with van der Waals surface area (Å²) >= 11 is 1.13. The van der Waals surface area contributed by atoms with Crippen LogP contribution in [-0.4, -0.2) is 28.6 Å². The molecule has 6 nitrogen and oxygen atoms in total. The molecular formula is C13H18N2O4S. The number of nitro groups is 1. The van der Waals surface area contributed by atoms with E-state index in [1.54, 1.807) is 6.92 Å². The van der Waals surface area contributed by atoms with E-state index < -0.39 is 4.92 Å². The van der Waals surface area contributed by atoms with Crippen LogP contribution < -0.4 is 5.32 Å². The molecule has 0 aliphatic heterocycles. The van der Waals surface area contributed by atoms with Gasteiger partial charge >= 0.3 is 0 Å². The minimum atomic E-state index is -0.472. The molecule has 1 aliphatic rings. The predicted molar refractivity (Wildman–Crippen MR) is 76.0 cm³/mol. The number of amides is 1. The smallest absolute Gasteiger partial charge is 0.283 e. The maximum atomic E-state index is 12.2. The number of hydrogen-bond donors (Lipinski definition) is 2. The number of aliphatic hydroxyl groups excluding tert-OH is 1. The Morgan fingerprint density at radius 3 is 2.85 bits per heavy atom. The van der Waals surface area contributed by atoms with Gasteiger partial charge in [-0.15, -0.1) is 11.3 Å². The average molecular weight is 298 g/mol. The predicted octanol–water partition coefficient (Wildman–Crippen LogP) is 2.25. The molecule has 1 aliphatic carbocycles. The second kappa shape index (κ2) is 6.32. The number of hydrogen-bond acceptors (Lipinski definition) is 5. The average Bonchev–Trinajstić information content (AvgIpc) is 2.81. The Bertz CT molecular complexity index is 514. The van der Waals surface area contributed by atoms with Crippen molar-refractivity contribution in [3.8, 4) is 0 Å². The van der Waals surface area contributed by atoms with Gasteiger partial charge in [-0.05, 0) is 19.8 Å². The summed E-state index contributed by atoms with van der Waals surface area (Å²) in [5.41, 5.74) is -0.0116. The van der Waals surface area contributed by atoms with E-state index in [-0.39, 0.29) is 30.2 Å². The van der Waals surface area contributed by atoms with E-state index in [4.69, 9.17) is 0 Å². The summed E-state index contributed by atoms with van der Waals surface area (Å²) in [6.45, 7) is 1.70. The molecule has 0 saturated heterocycles. The number of carbonyl (C=O) groups excluding carboxylic acids is 1. The molecule has 2 atom stereocenters. The molecule has 20 heavy (non-hydrogen) atoms. The van der Waals surface area contributed by atoms with Crippen LogP contribution in [0, 0.1) is 23.0 Å². The van der Waals surface area contributed by atoms with Crippen molar-refractivity contribution >= 4 is 22.9 Å². The largest absolute Gasteiger partial charge is 0.396 e. The second-order valence-corrected chi connectivity index (χ2v) is 6.37. The molecule has 110 valence electrons. The van der Waals surface area contributed by atoms with E-state index >= 15 is 0 Å². The third-order valence-electron chi connectivity index (χ3n) is 3.77. The number of aryl methyl sites for hydroxylation is 1. The van der Waals surface area contributed by atoms with Gasteiger partial charge in [0.15, 0.2) is 0 Å². The fourth-order valence-electron chi connectivity index (χ4n) is 2.62. The molecule has 1 heterocycles. The number of nitrogens with zero attached hydrogens (tertiary/aromatic N) is 1. The van der Waals surface area contributed by atoms with Gasteiger partial charge in [0, 0.05) is 24.6 Å². The molecule has 0 spiro atoms. The summed E-state index contributed by atoms with van der Waals surface area (Å²) in [7, 11) is 0. The highest BCUT2D eigenvalue weighted by atomic mass is 32.1. The molecule has 2 rings (SSSR count). The number of thiophene rings is 1. The van der Waals surface area contributed by atoms with Crippen molar-refractivity contribution in [1.29, 1.82) is 0 Å². The number of carbonyl (C=O) groups is 1. The van der Waals surface area contributed by atoms with Crippen molar-refractivity contribution in [3.05, 3.63) is 25.9 Å². The van der Waals surface area contributed by atoms with E-state index in [1.165, 1.54) is 6.07 Å². The molecule has 1 saturated carbocycles. The molecular weight excluding hydrogens is 280 g/mol. The molecule has 2 N–H and O–H groups in total. The topological polar surface area (TPSA) is 92.5 Å². The maximum absolute atomic E-state index is 12.2. The summed E-state index contributed by atoms with van der Waals surface area (Å²) in [6, 6.07) is 1.29. The van der Waals surface area contributed by atoms with Gasteiger partial charge in [-0.1, -0.05) is 12.8 Å². The van der Waals surface area contributed by atoms with Crippen LogP contribution in [0.5, 0.6) is 0 Å². The number of nitrogens with one attached hydrogen (secondary N) is 1. The van der Waals surface area contributed by atoms with Crippen LogP contribution in [0.4, 0.5) is 5.69 Å². The van der Waals surface area contributed by atoms with Gasteiger partial charge in [-0.25, -0.2) is 0 Å². The van der Waals surface area contributed by atoms with Gasteiger partial charge in [0.1, 0.15) is 0 Å². The van der Waals surface area contributed by atoms with Gasteiger partial charge in [0.25, 0.3) is 11.6 Å². The zero-order valence-electron chi connectivity index (χ0n) is 11.3. The highest BCUT2D eigenvalue weighted by molar-refractivity contribution is 7.14. The van der Waals surface area contributed by atoms with Crippen molar-refractivity contribution in [3.63, 3.8) is 0 Å². The zero-order chi connectivity index (χ0) is 14.7. The summed E-state index contributed by atoms with van der Waals surface area (Å²) in [5, 5.41) is 23.0. The third kappa shape index (κ3) is 3.16. The number of aliphatic hydroxyl groups is 1. The summed E-state index contributed by atoms with van der Waals surface area (Å²) in [5.74, 6) is -0.194. The molecule has 1 amide bonds. The molecule has 0 aromatic carbocycles. The van der Waals surface area contributed by atoms with Crippen LogP contribution in [0.25, 0.3) is 0 Å². The Balaban J connectivity index is 2.07. The number of rotatable bonds is 4. The quantitative estimate of drug-likeness (QED) is 0.658. The van der Waals surface area contributed by atoms with Crippen molar-refractivity contribution < 1.29 is 14.8 Å². The Labute approximate surface area is 121 Å². The first-order chi connectivity index (χ1) is 9.52. The molecule has 0 bridgehead atoms. The first-order valence-electron chi connectivity index (χ1n) is 6.69. The van der Waals surface area contributed by atoms with E-state index in [9.17, 15) is 20.0 Å². The lowest BCUT2D eigenvalue weighted by molar-refractivity contribution is -0.385. The van der Waals surface area contributed by atoms with Gasteiger partial charge < -0.3 is 10.4 Å². The van der Waals surface area contributed by atoms with Gasteiger partial charge in [-0.2, -0.15) is 0 Å². The van der Waals surface area contributed by atoms with Crippen LogP contribution in [0.3, 0.4) is 0 Å². The zero-order valence-corrected chi connectivity index (χ0v) is 12.1. The van der Waals surface area contributed by atoms with Crippen molar-refractivity contribution in [1.82, 2.24) is 5.32 Å². The third-order valence-corrected chi connectivity index (χ3v) is 4.81. The van der Waals surface area contributed by atoms with Crippen LogP contribution in [0.2, 0.25) is 0 Å². The fraction of sp³-hybridized carbons (Fsp3) is 0.615. The monoisotopic (exact) mass is 298 g/mol. The highest BCUT2D eigenvalue weighted by Gasteiger charge is 2.27. The Hall–Kier alpha value is -1.47. The molecule has 1 aromatic heterocycles. The maximum Gasteiger partial charge on any atom is 0.283 e. The summed E-state index contributed by atoms with van der Waals surface area (Å²) in [4.78, 5) is 23.4.